The molecule has 0 aromatic carbocycles. The quantitative estimate of drug-likeness (QED) is 0.0370. The molecule has 4 saturated carbocycles. The molecule has 5 aliphatic carbocycles. The van der Waals surface area contributed by atoms with Crippen molar-refractivity contribution in [2.45, 2.75) is 203 Å². The summed E-state index contributed by atoms with van der Waals surface area (Å²) in [5.74, 6) is -3.65. The van der Waals surface area contributed by atoms with Gasteiger partial charge in [0, 0.05) is 23.3 Å². The number of ether oxygens (including phenoxy) is 8. The van der Waals surface area contributed by atoms with Crippen molar-refractivity contribution in [3.05, 3.63) is 23.3 Å². The van der Waals surface area contributed by atoms with Crippen LogP contribution >= 0.6 is 0 Å². The van der Waals surface area contributed by atoms with E-state index in [0.717, 1.165) is 5.57 Å². The first-order chi connectivity index (χ1) is 35.8. The number of carbonyl (C=O) groups is 3. The highest BCUT2D eigenvalue weighted by atomic mass is 16.8. The molecule has 3 saturated heterocycles. The van der Waals surface area contributed by atoms with Crippen molar-refractivity contribution in [1.82, 2.24) is 0 Å². The maximum atomic E-state index is 13.3. The molecule has 24 nitrogen and oxygen atoms in total. The van der Waals surface area contributed by atoms with Gasteiger partial charge in [0.25, 0.3) is 0 Å². The van der Waals surface area contributed by atoms with E-state index >= 15 is 0 Å². The third-order valence-corrected chi connectivity index (χ3v) is 19.0. The van der Waals surface area contributed by atoms with E-state index in [9.17, 15) is 80.8 Å². The molecule has 0 aromatic heterocycles. The van der Waals surface area contributed by atoms with Gasteiger partial charge in [0.15, 0.2) is 25.0 Å². The number of aliphatic hydroxyl groups is 12. The summed E-state index contributed by atoms with van der Waals surface area (Å²) in [6, 6.07) is 0. The van der Waals surface area contributed by atoms with Crippen LogP contribution in [0, 0.1) is 51.8 Å². The number of aliphatic carboxylic acids is 1. The highest BCUT2D eigenvalue weighted by Gasteiger charge is 2.69. The van der Waals surface area contributed by atoms with Crippen molar-refractivity contribution < 1.29 is 119 Å². The first-order valence-electron chi connectivity index (χ1n) is 26.6. The van der Waals surface area contributed by atoms with E-state index in [4.69, 9.17) is 37.9 Å². The van der Waals surface area contributed by atoms with E-state index in [2.05, 4.69) is 6.08 Å². The molecule has 432 valence electrons. The van der Waals surface area contributed by atoms with E-state index in [0.29, 0.717) is 37.7 Å². The minimum Gasteiger partial charge on any atom is -0.479 e. The summed E-state index contributed by atoms with van der Waals surface area (Å²) in [7, 11) is 0. The third kappa shape index (κ3) is 10.2. The molecule has 13 N–H and O–H groups in total. The Bertz CT molecular complexity index is 2140. The summed E-state index contributed by atoms with van der Waals surface area (Å²) in [6.07, 6.45) is -25.8. The fourth-order valence-electron chi connectivity index (χ4n) is 14.7. The van der Waals surface area contributed by atoms with Crippen LogP contribution in [0.25, 0.3) is 0 Å². The van der Waals surface area contributed by atoms with Crippen LogP contribution in [0.15, 0.2) is 23.3 Å². The molecule has 0 unspecified atom stereocenters. The summed E-state index contributed by atoms with van der Waals surface area (Å²) >= 11 is 0. The molecule has 8 aliphatic rings. The lowest BCUT2D eigenvalue weighted by Crippen LogP contribution is -2.69. The van der Waals surface area contributed by atoms with E-state index in [1.54, 1.807) is 19.9 Å². The van der Waals surface area contributed by atoms with Gasteiger partial charge in [-0.3, -0.25) is 4.79 Å². The van der Waals surface area contributed by atoms with E-state index in [-0.39, 0.29) is 42.4 Å². The lowest BCUT2D eigenvalue weighted by atomic mass is 9.43. The smallest absolute Gasteiger partial charge is 0.335 e. The van der Waals surface area contributed by atoms with Crippen molar-refractivity contribution >= 4 is 17.9 Å². The van der Waals surface area contributed by atoms with E-state index in [1.807, 2.05) is 20.8 Å². The summed E-state index contributed by atoms with van der Waals surface area (Å²) in [6.45, 7) is 7.57. The van der Waals surface area contributed by atoms with Crippen LogP contribution in [0.5, 0.6) is 0 Å². The van der Waals surface area contributed by atoms with Gasteiger partial charge in [0.1, 0.15) is 79.4 Å². The van der Waals surface area contributed by atoms with Crippen molar-refractivity contribution in [3.63, 3.8) is 0 Å². The normalized spacial score (nSPS) is 49.2. The number of carbonyl (C=O) groups excluding carboxylic acids is 2. The monoisotopic (exact) mass is 1090 g/mol. The number of carboxylic acid groups (broad SMARTS) is 1. The second-order valence-corrected chi connectivity index (χ2v) is 23.5. The average molecular weight is 1090 g/mol. The van der Waals surface area contributed by atoms with Crippen LogP contribution in [0.2, 0.25) is 0 Å². The van der Waals surface area contributed by atoms with Crippen LogP contribution < -0.4 is 0 Å². The van der Waals surface area contributed by atoms with Crippen LogP contribution in [0.1, 0.15) is 86.5 Å². The number of aliphatic hydroxyl groups excluding tert-OH is 12. The van der Waals surface area contributed by atoms with Gasteiger partial charge in [-0.1, -0.05) is 38.5 Å². The molecule has 0 aromatic rings. The van der Waals surface area contributed by atoms with Gasteiger partial charge >= 0.3 is 17.9 Å². The van der Waals surface area contributed by atoms with Crippen LogP contribution in [-0.4, -0.2) is 227 Å². The minimum atomic E-state index is -2.16. The maximum Gasteiger partial charge on any atom is 0.335 e. The standard InChI is InChI=1S/C52H80O24/c1-7-20(2)46(68)76-43-44(69-21(3)57)52(19-56)28(15-50(43,4)5)25-9-8-22-23(26(25)14-31(52)58)10-12-27-24(22)11-13-32(51(27,6)18-55)72-49-41(74-48-38(64)36(62)34(60)30(17-54)71-48)39(65)40(42(75-49)45(66)67)73-47-37(63)35(61)33(59)29(16-53)70-47/h7,9,22-24,26-44,47-49,53-56,58-65H,8,10-19H2,1-6H3,(H,66,67)/b20-7+/t22-,23+,24+,26-,27+,28-,29+,30+,31+,32-,33+,34+,35-,36-,37+,38+,39-,40-,41+,42-,43-,44-,47-,48-,49+,51+,52-/m0/s1. The zero-order valence-corrected chi connectivity index (χ0v) is 43.7. The molecule has 76 heavy (non-hydrogen) atoms. The fourth-order valence-corrected chi connectivity index (χ4v) is 14.7. The minimum absolute atomic E-state index is 0.00687. The van der Waals surface area contributed by atoms with E-state index < -0.39 is 183 Å². The van der Waals surface area contributed by atoms with Crippen LogP contribution in [0.4, 0.5) is 0 Å². The summed E-state index contributed by atoms with van der Waals surface area (Å²) < 4.78 is 47.8. The Kier molecular flexibility index (Phi) is 17.9. The first kappa shape index (κ1) is 59.3. The predicted molar refractivity (Wildman–Crippen MR) is 255 cm³/mol. The van der Waals surface area contributed by atoms with Gasteiger partial charge in [0.2, 0.25) is 0 Å². The second kappa shape index (κ2) is 23.0. The van der Waals surface area contributed by atoms with Gasteiger partial charge < -0.3 is 104 Å². The largest absolute Gasteiger partial charge is 0.479 e. The molecule has 24 heteroatoms. The van der Waals surface area contributed by atoms with Crippen molar-refractivity contribution in [2.75, 3.05) is 26.4 Å². The molecule has 8 rings (SSSR count). The molecule has 0 radical (unpaired) electrons. The number of allylic oxidation sites excluding steroid dienone is 3. The van der Waals surface area contributed by atoms with Gasteiger partial charge in [-0.05, 0) is 94.3 Å². The average Bonchev–Trinajstić information content (AvgIpc) is 3.50. The Morgan fingerprint density at radius 1 is 0.671 bits per heavy atom. The summed E-state index contributed by atoms with van der Waals surface area (Å²) in [5.41, 5.74) is -1.82. The number of hydrogen-bond donors (Lipinski definition) is 13. The number of hydrogen-bond acceptors (Lipinski definition) is 23. The van der Waals surface area contributed by atoms with Crippen LogP contribution in [-0.2, 0) is 52.3 Å². The lowest BCUT2D eigenvalue weighted by Gasteiger charge is -2.64. The Labute approximate surface area is 440 Å². The molecule has 0 amide bonds. The Morgan fingerprint density at radius 3 is 1.80 bits per heavy atom. The van der Waals surface area contributed by atoms with Gasteiger partial charge in [-0.15, -0.1) is 0 Å². The number of carboxylic acids is 1. The molecule has 7 fully saturated rings. The Balaban J connectivity index is 1.07. The fraction of sp³-hybridized carbons (Fsp3) is 0.865. The number of esters is 2. The van der Waals surface area contributed by atoms with Gasteiger partial charge in [0.05, 0.1) is 44.1 Å². The maximum absolute atomic E-state index is 13.3. The molecule has 0 bridgehead atoms. The zero-order valence-electron chi connectivity index (χ0n) is 43.7. The SMILES string of the molecule is C/C=C(\C)C(=O)O[C@H]1[C@H](OC(C)=O)[C@]2(CO)[C@H](O)C[C@@H]3C(=CC[C@H]4[C@H]3CC[C@@H]3[C@@H]4CC[C@H](O[C@@H]4O[C@H](C(=O)O)[C@@H](O[C@@H]5O[C@H](CO)[C@@H](O)[C@H](O)[C@H]5O)[C@H](O)[C@H]4O[C@@H]4O[C@H](CO)[C@@H](O)[C@H](O)[C@H]4O)[C@]3(C)CO)[C@@H]2CC1(C)C. The summed E-state index contributed by atoms with van der Waals surface area (Å²) in [4.78, 5) is 39.1. The molecule has 3 heterocycles. The molecule has 3 aliphatic heterocycles. The molecule has 0 spiro atoms. The topological polar surface area (TPSA) is 388 Å². The van der Waals surface area contributed by atoms with E-state index in [1.165, 1.54) is 6.92 Å². The second-order valence-electron chi connectivity index (χ2n) is 23.5. The summed E-state index contributed by atoms with van der Waals surface area (Å²) in [5, 5.41) is 142. The Morgan fingerprint density at radius 2 is 1.26 bits per heavy atom. The lowest BCUT2D eigenvalue weighted by molar-refractivity contribution is -0.390. The molecular weight excluding hydrogens is 1010 g/mol. The Hall–Kier alpha value is -2.83. The number of rotatable bonds is 14. The van der Waals surface area contributed by atoms with Gasteiger partial charge in [-0.25, -0.2) is 9.59 Å². The zero-order chi connectivity index (χ0) is 55.7. The predicted octanol–water partition coefficient (Wildman–Crippen LogP) is -2.49. The van der Waals surface area contributed by atoms with Crippen molar-refractivity contribution in [2.24, 2.45) is 51.8 Å². The number of fused-ring (bicyclic) bond motifs is 7. The van der Waals surface area contributed by atoms with Crippen LogP contribution in [0.3, 0.4) is 0 Å². The van der Waals surface area contributed by atoms with Gasteiger partial charge in [-0.2, -0.15) is 0 Å². The van der Waals surface area contributed by atoms with Crippen molar-refractivity contribution in [1.29, 1.82) is 0 Å². The first-order valence-corrected chi connectivity index (χ1v) is 26.6. The third-order valence-electron chi connectivity index (χ3n) is 19.0. The highest BCUT2D eigenvalue weighted by molar-refractivity contribution is 5.87. The molecular formula is C52H80O24. The molecule has 27 atom stereocenters. The van der Waals surface area contributed by atoms with Crippen molar-refractivity contribution in [3.8, 4) is 0 Å². The highest BCUT2D eigenvalue weighted by Crippen LogP contribution is 2.66.